The predicted molar refractivity (Wildman–Crippen MR) is 76.7 cm³/mol. The topological polar surface area (TPSA) is 57.0 Å². The summed E-state index contributed by atoms with van der Waals surface area (Å²) >= 11 is 7.27. The molecular weight excluding hydrogens is 298 g/mol. The number of nitrogens with zero attached hydrogens (tertiary/aromatic N) is 3. The first kappa shape index (κ1) is 13.5. The van der Waals surface area contributed by atoms with E-state index >= 15 is 0 Å². The van der Waals surface area contributed by atoms with E-state index in [4.69, 9.17) is 16.3 Å². The molecular formula is C13H12ClN3O2S. The molecule has 2 aromatic rings. The van der Waals surface area contributed by atoms with Crippen molar-refractivity contribution in [3.8, 4) is 11.4 Å². The number of hydrogen-bond acceptors (Lipinski definition) is 5. The van der Waals surface area contributed by atoms with Crippen molar-refractivity contribution in [2.75, 3.05) is 6.61 Å². The van der Waals surface area contributed by atoms with Gasteiger partial charge in [-0.25, -0.2) is 0 Å². The van der Waals surface area contributed by atoms with E-state index in [0.29, 0.717) is 23.2 Å². The van der Waals surface area contributed by atoms with Crippen LogP contribution < -0.4 is 0 Å². The number of hydrogen-bond donors (Lipinski definition) is 0. The van der Waals surface area contributed by atoms with E-state index in [-0.39, 0.29) is 11.2 Å². The van der Waals surface area contributed by atoms with E-state index in [1.807, 2.05) is 35.9 Å². The molecule has 3 rings (SSSR count). The van der Waals surface area contributed by atoms with Crippen molar-refractivity contribution in [1.29, 1.82) is 0 Å². The van der Waals surface area contributed by atoms with Crippen molar-refractivity contribution >= 4 is 29.3 Å². The zero-order chi connectivity index (χ0) is 14.1. The van der Waals surface area contributed by atoms with Gasteiger partial charge in [0.1, 0.15) is 5.25 Å². The summed E-state index contributed by atoms with van der Waals surface area (Å²) in [6.45, 7) is 0.485. The summed E-state index contributed by atoms with van der Waals surface area (Å²) in [4.78, 5) is 11.5. The second-order valence-corrected chi connectivity index (χ2v) is 6.04. The molecule has 0 spiro atoms. The zero-order valence-corrected chi connectivity index (χ0v) is 12.3. The number of esters is 1. The van der Waals surface area contributed by atoms with Crippen molar-refractivity contribution in [2.45, 2.75) is 16.8 Å². The van der Waals surface area contributed by atoms with Crippen LogP contribution in [0.3, 0.4) is 0 Å². The Bertz CT molecular complexity index is 642. The fraction of sp³-hybridized carbons (Fsp3) is 0.308. The molecule has 1 aliphatic rings. The van der Waals surface area contributed by atoms with Crippen molar-refractivity contribution in [2.24, 2.45) is 7.05 Å². The van der Waals surface area contributed by atoms with Crippen molar-refractivity contribution in [1.82, 2.24) is 14.8 Å². The maximum atomic E-state index is 11.5. The van der Waals surface area contributed by atoms with Gasteiger partial charge in [-0.1, -0.05) is 23.4 Å². The van der Waals surface area contributed by atoms with Crippen LogP contribution in [0.25, 0.3) is 11.4 Å². The lowest BCUT2D eigenvalue weighted by molar-refractivity contribution is -0.137. The van der Waals surface area contributed by atoms with Gasteiger partial charge in [0.25, 0.3) is 0 Å². The van der Waals surface area contributed by atoms with Gasteiger partial charge in [-0.2, -0.15) is 0 Å². The van der Waals surface area contributed by atoms with E-state index < -0.39 is 0 Å². The summed E-state index contributed by atoms with van der Waals surface area (Å²) in [5, 5.41) is 9.53. The van der Waals surface area contributed by atoms with Gasteiger partial charge in [0.15, 0.2) is 11.0 Å². The first-order valence-electron chi connectivity index (χ1n) is 6.14. The highest BCUT2D eigenvalue weighted by Crippen LogP contribution is 2.30. The van der Waals surface area contributed by atoms with Crippen LogP contribution in [0.2, 0.25) is 5.02 Å². The Morgan fingerprint density at radius 3 is 2.75 bits per heavy atom. The maximum absolute atomic E-state index is 11.5. The monoisotopic (exact) mass is 309 g/mol. The van der Waals surface area contributed by atoms with Gasteiger partial charge in [0.2, 0.25) is 0 Å². The highest BCUT2D eigenvalue weighted by atomic mass is 35.5. The minimum absolute atomic E-state index is 0.175. The number of aromatic nitrogens is 3. The second kappa shape index (κ2) is 5.46. The summed E-state index contributed by atoms with van der Waals surface area (Å²) in [6.07, 6.45) is 0.715. The predicted octanol–water partition coefficient (Wildman–Crippen LogP) is 2.54. The van der Waals surface area contributed by atoms with Crippen molar-refractivity contribution in [3.63, 3.8) is 0 Å². The Hall–Kier alpha value is -1.53. The molecule has 1 aromatic heterocycles. The van der Waals surface area contributed by atoms with E-state index in [1.165, 1.54) is 11.8 Å². The smallest absolute Gasteiger partial charge is 0.319 e. The summed E-state index contributed by atoms with van der Waals surface area (Å²) in [5.41, 5.74) is 0.935. The number of carbonyl (C=O) groups is 1. The van der Waals surface area contributed by atoms with E-state index in [2.05, 4.69) is 10.2 Å². The largest absolute Gasteiger partial charge is 0.465 e. The fourth-order valence-corrected chi connectivity index (χ4v) is 3.07. The number of benzene rings is 1. The molecule has 1 atom stereocenters. The molecule has 20 heavy (non-hydrogen) atoms. The molecule has 2 heterocycles. The molecule has 0 N–H and O–H groups in total. The molecule has 1 aliphatic heterocycles. The van der Waals surface area contributed by atoms with Gasteiger partial charge < -0.3 is 9.30 Å². The molecule has 0 radical (unpaired) electrons. The minimum atomic E-state index is -0.184. The molecule has 0 amide bonds. The number of thioether (sulfide) groups is 1. The summed E-state index contributed by atoms with van der Waals surface area (Å²) in [6, 6.07) is 7.41. The quantitative estimate of drug-likeness (QED) is 0.816. The van der Waals surface area contributed by atoms with E-state index in [0.717, 1.165) is 11.4 Å². The van der Waals surface area contributed by atoms with Crippen LogP contribution in [-0.4, -0.2) is 32.6 Å². The third-order valence-electron chi connectivity index (χ3n) is 3.07. The number of ether oxygens (including phenoxy) is 1. The highest BCUT2D eigenvalue weighted by Gasteiger charge is 2.29. The third-order valence-corrected chi connectivity index (χ3v) is 4.60. The van der Waals surface area contributed by atoms with Crippen LogP contribution in [-0.2, 0) is 16.6 Å². The van der Waals surface area contributed by atoms with Crippen LogP contribution in [0.4, 0.5) is 0 Å². The number of cyclic esters (lactones) is 1. The van der Waals surface area contributed by atoms with Gasteiger partial charge in [-0.3, -0.25) is 4.79 Å². The van der Waals surface area contributed by atoms with Crippen LogP contribution in [0, 0.1) is 0 Å². The molecule has 7 heteroatoms. The summed E-state index contributed by atoms with van der Waals surface area (Å²) in [7, 11) is 1.88. The van der Waals surface area contributed by atoms with Gasteiger partial charge in [0.05, 0.1) is 6.61 Å². The minimum Gasteiger partial charge on any atom is -0.465 e. The standard InChI is InChI=1S/C13H12ClN3O2S/c1-17-11(8-2-4-9(14)5-3-8)15-16-13(17)20-10-6-7-19-12(10)18/h2-5,10H,6-7H2,1H3. The molecule has 1 saturated heterocycles. The maximum Gasteiger partial charge on any atom is 0.319 e. The van der Waals surface area contributed by atoms with Gasteiger partial charge in [-0.15, -0.1) is 10.2 Å². The zero-order valence-electron chi connectivity index (χ0n) is 10.7. The van der Waals surface area contributed by atoms with Crippen LogP contribution in [0.5, 0.6) is 0 Å². The van der Waals surface area contributed by atoms with Crippen molar-refractivity contribution in [3.05, 3.63) is 29.3 Å². The van der Waals surface area contributed by atoms with Gasteiger partial charge in [-0.05, 0) is 24.3 Å². The molecule has 1 aromatic carbocycles. The summed E-state index contributed by atoms with van der Waals surface area (Å²) < 4.78 is 6.82. The lowest BCUT2D eigenvalue weighted by atomic mass is 10.2. The summed E-state index contributed by atoms with van der Waals surface area (Å²) in [5.74, 6) is 0.571. The fourth-order valence-electron chi connectivity index (χ4n) is 1.98. The first-order chi connectivity index (χ1) is 9.65. The molecule has 104 valence electrons. The Kier molecular flexibility index (Phi) is 3.67. The lowest BCUT2D eigenvalue weighted by Crippen LogP contribution is -2.10. The van der Waals surface area contributed by atoms with E-state index in [1.54, 1.807) is 0 Å². The number of rotatable bonds is 3. The third kappa shape index (κ3) is 2.53. The Balaban J connectivity index is 1.85. The second-order valence-electron chi connectivity index (χ2n) is 4.43. The number of halogens is 1. The Morgan fingerprint density at radius 1 is 1.35 bits per heavy atom. The highest BCUT2D eigenvalue weighted by molar-refractivity contribution is 8.00. The van der Waals surface area contributed by atoms with Crippen LogP contribution >= 0.6 is 23.4 Å². The average molecular weight is 310 g/mol. The lowest BCUT2D eigenvalue weighted by Gasteiger charge is -2.06. The normalized spacial score (nSPS) is 18.3. The van der Waals surface area contributed by atoms with Crippen LogP contribution in [0.1, 0.15) is 6.42 Å². The molecule has 0 bridgehead atoms. The molecule has 0 saturated carbocycles. The molecule has 5 nitrogen and oxygen atoms in total. The van der Waals surface area contributed by atoms with Crippen LogP contribution in [0.15, 0.2) is 29.4 Å². The van der Waals surface area contributed by atoms with Crippen molar-refractivity contribution < 1.29 is 9.53 Å². The Labute approximate surface area is 125 Å². The molecule has 1 fully saturated rings. The van der Waals surface area contributed by atoms with E-state index in [9.17, 15) is 4.79 Å². The average Bonchev–Trinajstić information content (AvgIpc) is 3.00. The molecule has 0 aliphatic carbocycles. The first-order valence-corrected chi connectivity index (χ1v) is 7.39. The molecule has 1 unspecified atom stereocenters. The SMILES string of the molecule is Cn1c(SC2CCOC2=O)nnc1-c1ccc(Cl)cc1. The van der Waals surface area contributed by atoms with Gasteiger partial charge in [0, 0.05) is 24.1 Å². The Morgan fingerprint density at radius 2 is 2.10 bits per heavy atom. The van der Waals surface area contributed by atoms with Gasteiger partial charge >= 0.3 is 5.97 Å². The number of carbonyl (C=O) groups excluding carboxylic acids is 1.